The largest absolute Gasteiger partial charge is 0.497 e. The molecule has 2 aliphatic rings. The molecular weight excluding hydrogens is 486 g/mol. The first kappa shape index (κ1) is 26.1. The monoisotopic (exact) mass is 521 g/mol. The molecule has 38 heavy (non-hydrogen) atoms. The third-order valence-corrected chi connectivity index (χ3v) is 7.12. The number of ether oxygens (including phenoxy) is 5. The molecule has 2 fully saturated rings. The van der Waals surface area contributed by atoms with Crippen molar-refractivity contribution in [2.24, 2.45) is 0 Å². The zero-order chi connectivity index (χ0) is 26.5. The molecule has 0 spiro atoms. The highest BCUT2D eigenvalue weighted by Gasteiger charge is 2.27. The molecule has 0 radical (unpaired) electrons. The van der Waals surface area contributed by atoms with Gasteiger partial charge in [-0.3, -0.25) is 4.79 Å². The van der Waals surface area contributed by atoms with E-state index in [9.17, 15) is 4.79 Å². The smallest absolute Gasteiger partial charge is 0.254 e. The Morgan fingerprint density at radius 2 is 1.82 bits per heavy atom. The lowest BCUT2D eigenvalue weighted by Crippen LogP contribution is -2.40. The van der Waals surface area contributed by atoms with E-state index in [1.165, 1.54) is 0 Å². The molecule has 2 saturated heterocycles. The number of pyridine rings is 1. The number of nitrogens with zero attached hydrogens (tertiary/aromatic N) is 3. The Hall–Kier alpha value is -3.56. The van der Waals surface area contributed by atoms with Crippen molar-refractivity contribution >= 4 is 22.6 Å². The molecule has 9 nitrogen and oxygen atoms in total. The number of aromatic nitrogens is 1. The van der Waals surface area contributed by atoms with E-state index >= 15 is 0 Å². The predicted molar refractivity (Wildman–Crippen MR) is 145 cm³/mol. The molecule has 3 heterocycles. The van der Waals surface area contributed by atoms with Crippen LogP contribution in [0.4, 0.5) is 5.82 Å². The number of hydrogen-bond acceptors (Lipinski definition) is 8. The van der Waals surface area contributed by atoms with E-state index in [2.05, 4.69) is 11.0 Å². The molecule has 1 atom stereocenters. The van der Waals surface area contributed by atoms with Gasteiger partial charge in [-0.15, -0.1) is 0 Å². The zero-order valence-electron chi connectivity index (χ0n) is 22.3. The highest BCUT2D eigenvalue weighted by Crippen LogP contribution is 2.31. The molecule has 5 rings (SSSR count). The predicted octanol–water partition coefficient (Wildman–Crippen LogP) is 3.92. The van der Waals surface area contributed by atoms with E-state index in [-0.39, 0.29) is 12.0 Å². The summed E-state index contributed by atoms with van der Waals surface area (Å²) in [5.74, 6) is 2.63. The summed E-state index contributed by atoms with van der Waals surface area (Å²) in [6.07, 6.45) is 1.94. The highest BCUT2D eigenvalue weighted by molar-refractivity contribution is 5.95. The summed E-state index contributed by atoms with van der Waals surface area (Å²) in [5.41, 5.74) is 2.37. The number of morpholine rings is 1. The molecule has 0 unspecified atom stereocenters. The Morgan fingerprint density at radius 3 is 2.53 bits per heavy atom. The van der Waals surface area contributed by atoms with Crippen molar-refractivity contribution in [3.8, 4) is 17.2 Å². The lowest BCUT2D eigenvalue weighted by Gasteiger charge is -2.32. The van der Waals surface area contributed by atoms with Gasteiger partial charge in [0, 0.05) is 55.4 Å². The number of benzene rings is 2. The fourth-order valence-electron chi connectivity index (χ4n) is 5.08. The summed E-state index contributed by atoms with van der Waals surface area (Å²) < 4.78 is 27.8. The van der Waals surface area contributed by atoms with Gasteiger partial charge in [0.15, 0.2) is 11.5 Å². The second kappa shape index (κ2) is 11.9. The van der Waals surface area contributed by atoms with Crippen molar-refractivity contribution in [1.82, 2.24) is 9.88 Å². The Bertz CT molecular complexity index is 1270. The van der Waals surface area contributed by atoms with Crippen LogP contribution >= 0.6 is 0 Å². The second-order valence-electron chi connectivity index (χ2n) is 9.52. The van der Waals surface area contributed by atoms with Crippen LogP contribution in [-0.2, 0) is 16.0 Å². The van der Waals surface area contributed by atoms with E-state index in [4.69, 9.17) is 28.7 Å². The lowest BCUT2D eigenvalue weighted by molar-refractivity contribution is 0.0507. The van der Waals surface area contributed by atoms with Gasteiger partial charge in [-0.2, -0.15) is 0 Å². The highest BCUT2D eigenvalue weighted by atomic mass is 16.5. The average molecular weight is 522 g/mol. The molecule has 3 aromatic rings. The van der Waals surface area contributed by atoms with Crippen molar-refractivity contribution in [1.29, 1.82) is 0 Å². The number of carbonyl (C=O) groups excluding carboxylic acids is 1. The topological polar surface area (TPSA) is 82.6 Å². The quantitative estimate of drug-likeness (QED) is 0.419. The lowest BCUT2D eigenvalue weighted by atomic mass is 10.1. The van der Waals surface area contributed by atoms with Crippen molar-refractivity contribution in [2.45, 2.75) is 25.5 Å². The van der Waals surface area contributed by atoms with Gasteiger partial charge < -0.3 is 33.5 Å². The van der Waals surface area contributed by atoms with Crippen LogP contribution in [-0.4, -0.2) is 82.7 Å². The summed E-state index contributed by atoms with van der Waals surface area (Å²) in [6.45, 7) is 4.38. The van der Waals surface area contributed by atoms with Crippen LogP contribution in [0.5, 0.6) is 17.2 Å². The van der Waals surface area contributed by atoms with Crippen LogP contribution in [0.3, 0.4) is 0 Å². The fourth-order valence-corrected chi connectivity index (χ4v) is 5.08. The maximum absolute atomic E-state index is 13.9. The number of hydrogen-bond donors (Lipinski definition) is 0. The average Bonchev–Trinajstić information content (AvgIpc) is 3.49. The van der Waals surface area contributed by atoms with Crippen molar-refractivity contribution in [2.75, 3.05) is 65.7 Å². The maximum atomic E-state index is 13.9. The van der Waals surface area contributed by atoms with Gasteiger partial charge in [0.25, 0.3) is 5.91 Å². The van der Waals surface area contributed by atoms with Gasteiger partial charge in [0.1, 0.15) is 11.6 Å². The fraction of sp³-hybridized carbons (Fsp3) is 0.448. The Labute approximate surface area is 223 Å². The van der Waals surface area contributed by atoms with Crippen molar-refractivity contribution < 1.29 is 28.5 Å². The van der Waals surface area contributed by atoms with Gasteiger partial charge in [0.2, 0.25) is 0 Å². The molecule has 0 aliphatic carbocycles. The minimum atomic E-state index is -0.0933. The third-order valence-electron chi connectivity index (χ3n) is 7.12. The van der Waals surface area contributed by atoms with Gasteiger partial charge in [-0.05, 0) is 49.2 Å². The summed E-state index contributed by atoms with van der Waals surface area (Å²) >= 11 is 0. The molecule has 1 amide bonds. The molecule has 9 heteroatoms. The van der Waals surface area contributed by atoms with Gasteiger partial charge >= 0.3 is 0 Å². The van der Waals surface area contributed by atoms with Crippen LogP contribution in [0.2, 0.25) is 0 Å². The third kappa shape index (κ3) is 5.63. The molecular formula is C29H35N3O6. The summed E-state index contributed by atoms with van der Waals surface area (Å²) in [6, 6.07) is 13.3. The zero-order valence-corrected chi connectivity index (χ0v) is 22.3. The van der Waals surface area contributed by atoms with Gasteiger partial charge in [-0.25, -0.2) is 4.98 Å². The Kier molecular flexibility index (Phi) is 8.14. The van der Waals surface area contributed by atoms with E-state index in [1.807, 2.05) is 23.1 Å². The molecule has 0 saturated carbocycles. The second-order valence-corrected chi connectivity index (χ2v) is 9.52. The van der Waals surface area contributed by atoms with Crippen LogP contribution < -0.4 is 19.1 Å². The SMILES string of the molecule is COc1ccc2cc(CN(C[C@@H]3CCCO3)C(=O)c3ccc(OC)c(OC)c3)c(N3CCOCC3)nc2c1. The van der Waals surface area contributed by atoms with Gasteiger partial charge in [-0.1, -0.05) is 0 Å². The normalized spacial score (nSPS) is 17.4. The minimum absolute atomic E-state index is 0.00334. The number of amides is 1. The first-order chi connectivity index (χ1) is 18.6. The number of rotatable bonds is 9. The Morgan fingerprint density at radius 1 is 1.00 bits per heavy atom. The van der Waals surface area contributed by atoms with Crippen LogP contribution in [0, 0.1) is 0 Å². The maximum Gasteiger partial charge on any atom is 0.254 e. The first-order valence-corrected chi connectivity index (χ1v) is 13.0. The van der Waals surface area contributed by atoms with Gasteiger partial charge in [0.05, 0.1) is 46.2 Å². The van der Waals surface area contributed by atoms with E-state index in [0.29, 0.717) is 43.4 Å². The molecule has 2 aromatic carbocycles. The summed E-state index contributed by atoms with van der Waals surface area (Å²) in [4.78, 5) is 23.1. The van der Waals surface area contributed by atoms with Crippen molar-refractivity contribution in [3.05, 3.63) is 53.6 Å². The van der Waals surface area contributed by atoms with Crippen molar-refractivity contribution in [3.63, 3.8) is 0 Å². The van der Waals surface area contributed by atoms with E-state index < -0.39 is 0 Å². The van der Waals surface area contributed by atoms with E-state index in [1.54, 1.807) is 39.5 Å². The summed E-state index contributed by atoms with van der Waals surface area (Å²) in [5, 5.41) is 0.994. The number of carbonyl (C=O) groups is 1. The number of fused-ring (bicyclic) bond motifs is 1. The number of anilines is 1. The molecule has 202 valence electrons. The summed E-state index contributed by atoms with van der Waals surface area (Å²) in [7, 11) is 4.81. The first-order valence-electron chi connectivity index (χ1n) is 13.0. The number of methoxy groups -OCH3 is 3. The minimum Gasteiger partial charge on any atom is -0.497 e. The van der Waals surface area contributed by atoms with Crippen LogP contribution in [0.15, 0.2) is 42.5 Å². The van der Waals surface area contributed by atoms with E-state index in [0.717, 1.165) is 60.6 Å². The standard InChI is InChI=1S/C29H35N3O6/c1-34-23-8-6-20-15-22(28(30-25(20)17-23)31-10-13-37-14-11-31)18-32(19-24-5-4-12-38-24)29(33)21-7-9-26(35-2)27(16-21)36-3/h6-9,15-17,24H,4-5,10-14,18-19H2,1-3H3/t24-/m0/s1. The van der Waals surface area contributed by atoms with Crippen LogP contribution in [0.1, 0.15) is 28.8 Å². The van der Waals surface area contributed by atoms with Crippen LogP contribution in [0.25, 0.3) is 10.9 Å². The molecule has 0 bridgehead atoms. The Balaban J connectivity index is 1.53. The molecule has 1 aromatic heterocycles. The molecule has 0 N–H and O–H groups in total. The molecule has 2 aliphatic heterocycles.